The number of halogens is 2. The Labute approximate surface area is 141 Å². The summed E-state index contributed by atoms with van der Waals surface area (Å²) in [5, 5.41) is 17.6. The number of hydrogen-bond acceptors (Lipinski definition) is 3. The molecule has 0 aromatic heterocycles. The van der Waals surface area contributed by atoms with E-state index < -0.39 is 0 Å². The molecule has 0 atom stereocenters. The summed E-state index contributed by atoms with van der Waals surface area (Å²) in [7, 11) is 0. The zero-order valence-electron chi connectivity index (χ0n) is 10.7. The Hall–Kier alpha value is -1.63. The first kappa shape index (κ1) is 15.8. The zero-order chi connectivity index (χ0) is 15.2. The van der Waals surface area contributed by atoms with Gasteiger partial charge in [-0.25, -0.2) is 0 Å². The van der Waals surface area contributed by atoms with Gasteiger partial charge in [-0.1, -0.05) is 27.5 Å². The van der Waals surface area contributed by atoms with Gasteiger partial charge in [0.05, 0.1) is 6.21 Å². The topological polar surface area (TPSA) is 56.7 Å². The van der Waals surface area contributed by atoms with Crippen LogP contribution < -0.4 is 10.7 Å². The third kappa shape index (κ3) is 5.00. The predicted molar refractivity (Wildman–Crippen MR) is 94.2 cm³/mol. The molecule has 2 rings (SSSR count). The summed E-state index contributed by atoms with van der Waals surface area (Å²) in [6.07, 6.45) is 1.48. The van der Waals surface area contributed by atoms with Gasteiger partial charge in [0.25, 0.3) is 0 Å². The number of thiocarbonyl (C=S) groups is 1. The third-order valence-corrected chi connectivity index (χ3v) is 3.40. The highest BCUT2D eigenvalue weighted by Crippen LogP contribution is 2.19. The van der Waals surface area contributed by atoms with E-state index in [4.69, 9.17) is 23.8 Å². The normalized spacial score (nSPS) is 10.6. The average molecular weight is 385 g/mol. The van der Waals surface area contributed by atoms with Crippen molar-refractivity contribution < 1.29 is 5.11 Å². The number of phenolic OH excluding ortho intramolecular Hbond substituents is 1. The number of aromatic hydroxyl groups is 1. The van der Waals surface area contributed by atoms with E-state index in [9.17, 15) is 5.11 Å². The first-order valence-corrected chi connectivity index (χ1v) is 7.46. The van der Waals surface area contributed by atoms with Crippen molar-refractivity contribution in [1.29, 1.82) is 0 Å². The van der Waals surface area contributed by atoms with Gasteiger partial charge in [0, 0.05) is 20.7 Å². The molecule has 0 heterocycles. The maximum atomic E-state index is 9.66. The van der Waals surface area contributed by atoms with Crippen molar-refractivity contribution in [2.45, 2.75) is 0 Å². The molecule has 21 heavy (non-hydrogen) atoms. The molecule has 0 unspecified atom stereocenters. The fraction of sp³-hybridized carbons (Fsp3) is 0. The van der Waals surface area contributed by atoms with E-state index in [1.807, 2.05) is 0 Å². The summed E-state index contributed by atoms with van der Waals surface area (Å²) in [6.45, 7) is 0. The Morgan fingerprint density at radius 3 is 2.67 bits per heavy atom. The third-order valence-electron chi connectivity index (χ3n) is 2.46. The van der Waals surface area contributed by atoms with Crippen LogP contribution in [0, 0.1) is 0 Å². The summed E-state index contributed by atoms with van der Waals surface area (Å²) in [5.41, 5.74) is 4.05. The van der Waals surface area contributed by atoms with Crippen LogP contribution >= 0.6 is 39.7 Å². The largest absolute Gasteiger partial charge is 0.507 e. The molecule has 108 valence electrons. The lowest BCUT2D eigenvalue weighted by molar-refractivity contribution is 0.474. The number of phenols is 1. The number of benzene rings is 2. The summed E-state index contributed by atoms with van der Waals surface area (Å²) in [4.78, 5) is 0. The van der Waals surface area contributed by atoms with Crippen molar-refractivity contribution in [3.8, 4) is 5.75 Å². The van der Waals surface area contributed by atoms with Crippen LogP contribution in [-0.4, -0.2) is 16.4 Å². The van der Waals surface area contributed by atoms with E-state index in [1.54, 1.807) is 42.5 Å². The Morgan fingerprint density at radius 2 is 1.95 bits per heavy atom. The summed E-state index contributed by atoms with van der Waals surface area (Å²) in [5.74, 6) is 0.139. The minimum atomic E-state index is 0.139. The molecule has 2 aromatic carbocycles. The quantitative estimate of drug-likeness (QED) is 0.423. The molecule has 0 saturated heterocycles. The van der Waals surface area contributed by atoms with E-state index >= 15 is 0 Å². The Balaban J connectivity index is 1.93. The second-order valence-electron chi connectivity index (χ2n) is 4.03. The zero-order valence-corrected chi connectivity index (χ0v) is 13.8. The van der Waals surface area contributed by atoms with Crippen molar-refractivity contribution in [3.05, 3.63) is 57.5 Å². The maximum Gasteiger partial charge on any atom is 0.191 e. The molecule has 0 saturated carbocycles. The molecule has 0 amide bonds. The lowest BCUT2D eigenvalue weighted by atomic mass is 10.2. The fourth-order valence-electron chi connectivity index (χ4n) is 1.48. The summed E-state index contributed by atoms with van der Waals surface area (Å²) in [6, 6.07) is 12.2. The first-order valence-electron chi connectivity index (χ1n) is 5.89. The van der Waals surface area contributed by atoms with Gasteiger partial charge >= 0.3 is 0 Å². The Kier molecular flexibility index (Phi) is 5.55. The highest BCUT2D eigenvalue weighted by Gasteiger charge is 1.99. The predicted octanol–water partition coefficient (Wildman–Crippen LogP) is 4.13. The van der Waals surface area contributed by atoms with Crippen molar-refractivity contribution in [1.82, 2.24) is 5.43 Å². The van der Waals surface area contributed by atoms with E-state index in [2.05, 4.69) is 31.8 Å². The molecule has 0 aliphatic rings. The van der Waals surface area contributed by atoms with Gasteiger partial charge in [-0.3, -0.25) is 5.43 Å². The molecule has 4 nitrogen and oxygen atoms in total. The van der Waals surface area contributed by atoms with Crippen LogP contribution in [0.1, 0.15) is 5.56 Å². The number of hydrazone groups is 1. The minimum Gasteiger partial charge on any atom is -0.507 e. The van der Waals surface area contributed by atoms with Gasteiger partial charge in [-0.05, 0) is 54.7 Å². The molecule has 0 aliphatic carbocycles. The van der Waals surface area contributed by atoms with Crippen molar-refractivity contribution >= 4 is 56.8 Å². The molecule has 0 bridgehead atoms. The molecule has 2 aromatic rings. The second kappa shape index (κ2) is 7.40. The Morgan fingerprint density at radius 1 is 1.24 bits per heavy atom. The lowest BCUT2D eigenvalue weighted by Crippen LogP contribution is -2.23. The highest BCUT2D eigenvalue weighted by atomic mass is 79.9. The molecule has 0 aliphatic heterocycles. The van der Waals surface area contributed by atoms with Crippen LogP contribution in [0.4, 0.5) is 5.69 Å². The summed E-state index contributed by atoms with van der Waals surface area (Å²) < 4.78 is 0.851. The monoisotopic (exact) mass is 383 g/mol. The fourth-order valence-corrected chi connectivity index (χ4v) is 2.16. The SMILES string of the molecule is Oc1ccc(Br)cc1C=NNC(=S)Nc1ccc(Cl)cc1. The minimum absolute atomic E-state index is 0.139. The first-order chi connectivity index (χ1) is 10.0. The van der Waals surface area contributed by atoms with Crippen molar-refractivity contribution in [3.63, 3.8) is 0 Å². The van der Waals surface area contributed by atoms with Crippen LogP contribution in [-0.2, 0) is 0 Å². The van der Waals surface area contributed by atoms with Crippen LogP contribution in [0.25, 0.3) is 0 Å². The van der Waals surface area contributed by atoms with Crippen LogP contribution in [0.3, 0.4) is 0 Å². The standard InChI is InChI=1S/C14H11BrClN3OS/c15-10-1-6-13(20)9(7-10)8-17-19-14(21)18-12-4-2-11(16)3-5-12/h1-8,20H,(H2,18,19,21). The number of nitrogens with one attached hydrogen (secondary N) is 2. The molecular formula is C14H11BrClN3OS. The molecular weight excluding hydrogens is 374 g/mol. The maximum absolute atomic E-state index is 9.66. The van der Waals surface area contributed by atoms with E-state index in [0.29, 0.717) is 15.7 Å². The van der Waals surface area contributed by atoms with Crippen molar-refractivity contribution in [2.24, 2.45) is 5.10 Å². The van der Waals surface area contributed by atoms with E-state index in [-0.39, 0.29) is 5.75 Å². The van der Waals surface area contributed by atoms with Gasteiger partial charge in [0.2, 0.25) is 0 Å². The van der Waals surface area contributed by atoms with Crippen molar-refractivity contribution in [2.75, 3.05) is 5.32 Å². The number of rotatable bonds is 3. The van der Waals surface area contributed by atoms with Gasteiger partial charge in [-0.15, -0.1) is 0 Å². The van der Waals surface area contributed by atoms with Crippen LogP contribution in [0.2, 0.25) is 5.02 Å². The smallest absolute Gasteiger partial charge is 0.191 e. The van der Waals surface area contributed by atoms with Gasteiger partial charge in [0.1, 0.15) is 5.75 Å². The molecule has 7 heteroatoms. The molecule has 0 radical (unpaired) electrons. The van der Waals surface area contributed by atoms with Gasteiger partial charge < -0.3 is 10.4 Å². The van der Waals surface area contributed by atoms with Gasteiger partial charge in [0.15, 0.2) is 5.11 Å². The second-order valence-corrected chi connectivity index (χ2v) is 5.79. The van der Waals surface area contributed by atoms with Gasteiger partial charge in [-0.2, -0.15) is 5.10 Å². The lowest BCUT2D eigenvalue weighted by Gasteiger charge is -2.06. The Bertz CT molecular complexity index is 676. The molecule has 0 spiro atoms. The van der Waals surface area contributed by atoms with Crippen LogP contribution in [0.5, 0.6) is 5.75 Å². The number of hydrogen-bond donors (Lipinski definition) is 3. The number of nitrogens with zero attached hydrogens (tertiary/aromatic N) is 1. The number of anilines is 1. The van der Waals surface area contributed by atoms with E-state index in [1.165, 1.54) is 6.21 Å². The highest BCUT2D eigenvalue weighted by molar-refractivity contribution is 9.10. The summed E-state index contributed by atoms with van der Waals surface area (Å²) >= 11 is 14.2. The average Bonchev–Trinajstić information content (AvgIpc) is 2.45. The van der Waals surface area contributed by atoms with Crippen LogP contribution in [0.15, 0.2) is 52.0 Å². The van der Waals surface area contributed by atoms with E-state index in [0.717, 1.165) is 10.2 Å². The molecule has 3 N–H and O–H groups in total. The molecule has 0 fully saturated rings.